The number of piperidine rings is 1. The van der Waals surface area contributed by atoms with Crippen LogP contribution >= 0.6 is 0 Å². The fraction of sp³-hybridized carbons (Fsp3) is 0.923. The Morgan fingerprint density at radius 2 is 2.29 bits per heavy atom. The van der Waals surface area contributed by atoms with Crippen molar-refractivity contribution >= 4 is 5.91 Å². The SMILES string of the molecule is CCC(C)NC(=O)CNCC1CCCN(C)C1. The normalized spacial score (nSPS) is 23.4. The second-order valence-corrected chi connectivity index (χ2v) is 5.28. The van der Waals surface area contributed by atoms with E-state index in [2.05, 4.69) is 29.5 Å². The van der Waals surface area contributed by atoms with Gasteiger partial charge in [0.05, 0.1) is 6.54 Å². The van der Waals surface area contributed by atoms with Crippen LogP contribution in [0.25, 0.3) is 0 Å². The first-order chi connectivity index (χ1) is 8.11. The molecular weight excluding hydrogens is 214 g/mol. The molecule has 1 fully saturated rings. The number of nitrogens with zero attached hydrogens (tertiary/aromatic N) is 1. The number of nitrogens with one attached hydrogen (secondary N) is 2. The molecule has 2 N–H and O–H groups in total. The maximum Gasteiger partial charge on any atom is 0.234 e. The first-order valence-electron chi connectivity index (χ1n) is 6.80. The highest BCUT2D eigenvalue weighted by atomic mass is 16.1. The van der Waals surface area contributed by atoms with Gasteiger partial charge < -0.3 is 15.5 Å². The monoisotopic (exact) mass is 241 g/mol. The van der Waals surface area contributed by atoms with Gasteiger partial charge >= 0.3 is 0 Å². The van der Waals surface area contributed by atoms with Gasteiger partial charge in [-0.15, -0.1) is 0 Å². The van der Waals surface area contributed by atoms with Crippen LogP contribution in [0.1, 0.15) is 33.1 Å². The maximum absolute atomic E-state index is 11.5. The standard InChI is InChI=1S/C13H27N3O/c1-4-11(2)15-13(17)9-14-8-12-6-5-7-16(3)10-12/h11-12,14H,4-10H2,1-3H3,(H,15,17). The van der Waals surface area contributed by atoms with Crippen LogP contribution in [-0.4, -0.2) is 50.1 Å². The van der Waals surface area contributed by atoms with Crippen molar-refractivity contribution in [1.82, 2.24) is 15.5 Å². The first-order valence-corrected chi connectivity index (χ1v) is 6.80. The third kappa shape index (κ3) is 6.03. The van der Waals surface area contributed by atoms with Gasteiger partial charge in [0.15, 0.2) is 0 Å². The molecule has 0 spiro atoms. The molecule has 1 saturated heterocycles. The third-order valence-corrected chi connectivity index (χ3v) is 3.46. The zero-order valence-electron chi connectivity index (χ0n) is 11.5. The van der Waals surface area contributed by atoms with Crippen LogP contribution in [0.3, 0.4) is 0 Å². The van der Waals surface area contributed by atoms with E-state index >= 15 is 0 Å². The van der Waals surface area contributed by atoms with Gasteiger partial charge in [0.2, 0.25) is 5.91 Å². The molecule has 0 saturated carbocycles. The van der Waals surface area contributed by atoms with Gasteiger partial charge in [-0.3, -0.25) is 4.79 Å². The van der Waals surface area contributed by atoms with Gasteiger partial charge in [-0.25, -0.2) is 0 Å². The number of rotatable bonds is 6. The zero-order chi connectivity index (χ0) is 12.7. The molecule has 2 unspecified atom stereocenters. The molecule has 0 aromatic heterocycles. The van der Waals surface area contributed by atoms with Gasteiger partial charge in [0.1, 0.15) is 0 Å². The van der Waals surface area contributed by atoms with Crippen molar-refractivity contribution in [2.24, 2.45) is 5.92 Å². The highest BCUT2D eigenvalue weighted by Crippen LogP contribution is 2.13. The van der Waals surface area contributed by atoms with E-state index < -0.39 is 0 Å². The molecule has 4 heteroatoms. The Morgan fingerprint density at radius 1 is 1.53 bits per heavy atom. The van der Waals surface area contributed by atoms with E-state index in [9.17, 15) is 4.79 Å². The second kappa shape index (κ2) is 7.67. The lowest BCUT2D eigenvalue weighted by atomic mass is 9.98. The highest BCUT2D eigenvalue weighted by molar-refractivity contribution is 5.78. The predicted octanol–water partition coefficient (Wildman–Crippen LogP) is 0.833. The molecular formula is C13H27N3O. The molecule has 0 aromatic carbocycles. The lowest BCUT2D eigenvalue weighted by Crippen LogP contribution is -2.42. The Balaban J connectivity index is 2.08. The van der Waals surface area contributed by atoms with Gasteiger partial charge in [0, 0.05) is 12.6 Å². The summed E-state index contributed by atoms with van der Waals surface area (Å²) in [6.45, 7) is 7.89. The largest absolute Gasteiger partial charge is 0.353 e. The summed E-state index contributed by atoms with van der Waals surface area (Å²) in [5, 5.41) is 6.23. The molecule has 1 aliphatic rings. The Labute approximate surface area is 105 Å². The molecule has 0 bridgehead atoms. The average Bonchev–Trinajstić information content (AvgIpc) is 2.29. The minimum atomic E-state index is 0.114. The van der Waals surface area contributed by atoms with E-state index in [0.717, 1.165) is 19.5 Å². The minimum Gasteiger partial charge on any atom is -0.353 e. The van der Waals surface area contributed by atoms with E-state index in [1.165, 1.54) is 19.4 Å². The van der Waals surface area contributed by atoms with E-state index in [1.807, 2.05) is 6.92 Å². The van der Waals surface area contributed by atoms with Crippen molar-refractivity contribution in [2.45, 2.75) is 39.2 Å². The van der Waals surface area contributed by atoms with Crippen molar-refractivity contribution in [3.8, 4) is 0 Å². The van der Waals surface area contributed by atoms with Crippen molar-refractivity contribution in [1.29, 1.82) is 0 Å². The van der Waals surface area contributed by atoms with Crippen LogP contribution < -0.4 is 10.6 Å². The predicted molar refractivity (Wildman–Crippen MR) is 71.0 cm³/mol. The first kappa shape index (κ1) is 14.5. The minimum absolute atomic E-state index is 0.114. The van der Waals surface area contributed by atoms with Gasteiger partial charge in [-0.1, -0.05) is 6.92 Å². The number of hydrogen-bond donors (Lipinski definition) is 2. The highest BCUT2D eigenvalue weighted by Gasteiger charge is 2.16. The van der Waals surface area contributed by atoms with Crippen molar-refractivity contribution in [2.75, 3.05) is 33.2 Å². The van der Waals surface area contributed by atoms with E-state index in [0.29, 0.717) is 12.5 Å². The van der Waals surface area contributed by atoms with Crippen LogP contribution in [-0.2, 0) is 4.79 Å². The van der Waals surface area contributed by atoms with Crippen LogP contribution in [0.2, 0.25) is 0 Å². The summed E-state index contributed by atoms with van der Waals surface area (Å²) in [5.74, 6) is 0.814. The quantitative estimate of drug-likeness (QED) is 0.724. The van der Waals surface area contributed by atoms with E-state index in [1.54, 1.807) is 0 Å². The summed E-state index contributed by atoms with van der Waals surface area (Å²) in [5.41, 5.74) is 0. The average molecular weight is 241 g/mol. The molecule has 17 heavy (non-hydrogen) atoms. The third-order valence-electron chi connectivity index (χ3n) is 3.46. The molecule has 0 aromatic rings. The number of likely N-dealkylation sites (tertiary alicyclic amines) is 1. The summed E-state index contributed by atoms with van der Waals surface area (Å²) in [6, 6.07) is 0.283. The maximum atomic E-state index is 11.5. The fourth-order valence-electron chi connectivity index (χ4n) is 2.26. The second-order valence-electron chi connectivity index (χ2n) is 5.28. The topological polar surface area (TPSA) is 44.4 Å². The molecule has 1 aliphatic heterocycles. The molecule has 4 nitrogen and oxygen atoms in total. The Hall–Kier alpha value is -0.610. The molecule has 1 heterocycles. The smallest absolute Gasteiger partial charge is 0.234 e. The summed E-state index contributed by atoms with van der Waals surface area (Å²) >= 11 is 0. The van der Waals surface area contributed by atoms with Crippen molar-refractivity contribution in [3.05, 3.63) is 0 Å². The van der Waals surface area contributed by atoms with Crippen LogP contribution in [0, 0.1) is 5.92 Å². The summed E-state index contributed by atoms with van der Waals surface area (Å²) in [4.78, 5) is 13.9. The van der Waals surface area contributed by atoms with Gasteiger partial charge in [-0.2, -0.15) is 0 Å². The molecule has 1 amide bonds. The lowest BCUT2D eigenvalue weighted by molar-refractivity contribution is -0.120. The fourth-order valence-corrected chi connectivity index (χ4v) is 2.26. The van der Waals surface area contributed by atoms with Crippen LogP contribution in [0.4, 0.5) is 0 Å². The lowest BCUT2D eigenvalue weighted by Gasteiger charge is -2.29. The molecule has 2 atom stereocenters. The number of carbonyl (C=O) groups excluding carboxylic acids is 1. The van der Waals surface area contributed by atoms with E-state index in [-0.39, 0.29) is 11.9 Å². The Kier molecular flexibility index (Phi) is 6.52. The van der Waals surface area contributed by atoms with Gasteiger partial charge in [0.25, 0.3) is 0 Å². The van der Waals surface area contributed by atoms with Gasteiger partial charge in [-0.05, 0) is 52.2 Å². The summed E-state index contributed by atoms with van der Waals surface area (Å²) in [7, 11) is 2.17. The zero-order valence-corrected chi connectivity index (χ0v) is 11.5. The molecule has 1 rings (SSSR count). The summed E-state index contributed by atoms with van der Waals surface area (Å²) in [6.07, 6.45) is 3.55. The Morgan fingerprint density at radius 3 is 2.94 bits per heavy atom. The molecule has 100 valence electrons. The van der Waals surface area contributed by atoms with Crippen LogP contribution in [0.15, 0.2) is 0 Å². The number of carbonyl (C=O) groups is 1. The number of amides is 1. The Bertz CT molecular complexity index is 233. The number of hydrogen-bond acceptors (Lipinski definition) is 3. The molecule has 0 radical (unpaired) electrons. The van der Waals surface area contributed by atoms with Crippen molar-refractivity contribution in [3.63, 3.8) is 0 Å². The van der Waals surface area contributed by atoms with Crippen LogP contribution in [0.5, 0.6) is 0 Å². The summed E-state index contributed by atoms with van der Waals surface area (Å²) < 4.78 is 0. The van der Waals surface area contributed by atoms with E-state index in [4.69, 9.17) is 0 Å². The molecule has 0 aliphatic carbocycles. The van der Waals surface area contributed by atoms with Crippen molar-refractivity contribution < 1.29 is 4.79 Å².